The van der Waals surface area contributed by atoms with E-state index in [0.717, 1.165) is 12.1 Å². The van der Waals surface area contributed by atoms with Crippen molar-refractivity contribution in [2.45, 2.75) is 0 Å². The van der Waals surface area contributed by atoms with Crippen LogP contribution in [0.5, 0.6) is 0 Å². The number of amides is 1. The molecule has 1 heterocycles. The maximum Gasteiger partial charge on any atom is 0.301 e. The zero-order valence-corrected chi connectivity index (χ0v) is 11.5. The predicted octanol–water partition coefficient (Wildman–Crippen LogP) is 2.80. The molecule has 9 nitrogen and oxygen atoms in total. The quantitative estimate of drug-likeness (QED) is 0.680. The molecule has 0 aliphatic rings. The molecule has 2 aromatic rings. The lowest BCUT2D eigenvalue weighted by atomic mass is 10.2. The third kappa shape index (κ3) is 3.15. The van der Waals surface area contributed by atoms with Crippen molar-refractivity contribution in [1.29, 1.82) is 0 Å². The molecule has 0 saturated heterocycles. The Balaban J connectivity index is 2.44. The Labute approximate surface area is 127 Å². The van der Waals surface area contributed by atoms with Crippen LogP contribution in [0.3, 0.4) is 0 Å². The van der Waals surface area contributed by atoms with Crippen LogP contribution in [0.1, 0.15) is 10.5 Å². The molecule has 0 bridgehead atoms. The molecule has 0 unspecified atom stereocenters. The zero-order valence-electron chi connectivity index (χ0n) is 10.7. The minimum Gasteiger partial charge on any atom is -0.314 e. The Morgan fingerprint density at radius 1 is 1.18 bits per heavy atom. The van der Waals surface area contributed by atoms with Gasteiger partial charge in [0.2, 0.25) is 0 Å². The lowest BCUT2D eigenvalue weighted by Crippen LogP contribution is -2.15. The monoisotopic (exact) mass is 322 g/mol. The molecule has 0 atom stereocenters. The highest BCUT2D eigenvalue weighted by atomic mass is 35.5. The highest BCUT2D eigenvalue weighted by Gasteiger charge is 2.25. The summed E-state index contributed by atoms with van der Waals surface area (Å²) in [5.41, 5.74) is -1.53. The van der Waals surface area contributed by atoms with Gasteiger partial charge < -0.3 is 5.32 Å². The number of rotatable bonds is 4. The smallest absolute Gasteiger partial charge is 0.301 e. The maximum atomic E-state index is 12.0. The summed E-state index contributed by atoms with van der Waals surface area (Å²) in [5, 5.41) is 23.7. The molecule has 0 radical (unpaired) electrons. The van der Waals surface area contributed by atoms with Crippen LogP contribution in [-0.4, -0.2) is 20.7 Å². The van der Waals surface area contributed by atoms with Crippen molar-refractivity contribution in [2.75, 3.05) is 5.32 Å². The molecule has 2 rings (SSSR count). The van der Waals surface area contributed by atoms with Gasteiger partial charge in [0.25, 0.3) is 11.6 Å². The molecule has 10 heteroatoms. The number of halogens is 1. The van der Waals surface area contributed by atoms with Crippen LogP contribution in [0, 0.1) is 20.2 Å². The largest absolute Gasteiger partial charge is 0.314 e. The van der Waals surface area contributed by atoms with Gasteiger partial charge in [-0.3, -0.25) is 30.0 Å². The van der Waals surface area contributed by atoms with E-state index in [2.05, 4.69) is 10.3 Å². The summed E-state index contributed by atoms with van der Waals surface area (Å²) in [6.07, 6.45) is 1.38. The molecule has 22 heavy (non-hydrogen) atoms. The Hall–Kier alpha value is -3.07. The molecule has 1 aromatic heterocycles. The van der Waals surface area contributed by atoms with Gasteiger partial charge in [0.05, 0.1) is 20.9 Å². The lowest BCUT2D eigenvalue weighted by molar-refractivity contribution is -0.393. The van der Waals surface area contributed by atoms with E-state index >= 15 is 0 Å². The summed E-state index contributed by atoms with van der Waals surface area (Å²) in [7, 11) is 0. The van der Waals surface area contributed by atoms with Crippen LogP contribution < -0.4 is 5.32 Å². The summed E-state index contributed by atoms with van der Waals surface area (Å²) in [6.45, 7) is 0. The molecule has 0 fully saturated rings. The van der Waals surface area contributed by atoms with Gasteiger partial charge in [-0.05, 0) is 12.1 Å². The lowest BCUT2D eigenvalue weighted by Gasteiger charge is -2.07. The number of carbonyl (C=O) groups is 1. The topological polar surface area (TPSA) is 128 Å². The fraction of sp³-hybridized carbons (Fsp3) is 0. The minimum atomic E-state index is -0.868. The van der Waals surface area contributed by atoms with Crippen LogP contribution in [0.25, 0.3) is 0 Å². The van der Waals surface area contributed by atoms with Crippen molar-refractivity contribution in [2.24, 2.45) is 0 Å². The number of nitro benzene ring substituents is 2. The SMILES string of the molecule is O=C(Nc1c(Cl)cc([N+](=O)[O-])cc1[N+](=O)[O-])c1ccccn1. The molecular weight excluding hydrogens is 316 g/mol. The normalized spacial score (nSPS) is 10.0. The average molecular weight is 323 g/mol. The standard InChI is InChI=1S/C12H7ClN4O5/c13-8-5-7(16(19)20)6-10(17(21)22)11(8)15-12(18)9-3-1-2-4-14-9/h1-6H,(H,15,18). The second-order valence-electron chi connectivity index (χ2n) is 4.01. The second kappa shape index (κ2) is 6.14. The van der Waals surface area contributed by atoms with E-state index in [0.29, 0.717) is 0 Å². The van der Waals surface area contributed by atoms with Gasteiger partial charge in [0.15, 0.2) is 0 Å². The van der Waals surface area contributed by atoms with Crippen LogP contribution in [0.2, 0.25) is 5.02 Å². The summed E-state index contributed by atoms with van der Waals surface area (Å²) >= 11 is 5.81. The molecule has 0 aliphatic heterocycles. The van der Waals surface area contributed by atoms with Crippen molar-refractivity contribution in [3.05, 3.63) is 67.5 Å². The Morgan fingerprint density at radius 2 is 1.91 bits per heavy atom. The number of pyridine rings is 1. The number of carbonyl (C=O) groups excluding carboxylic acids is 1. The van der Waals surface area contributed by atoms with Gasteiger partial charge in [-0.1, -0.05) is 17.7 Å². The van der Waals surface area contributed by atoms with E-state index in [1.165, 1.54) is 12.3 Å². The number of nitrogens with zero attached hydrogens (tertiary/aromatic N) is 3. The van der Waals surface area contributed by atoms with Crippen molar-refractivity contribution in [1.82, 2.24) is 4.98 Å². The van der Waals surface area contributed by atoms with Gasteiger partial charge in [-0.15, -0.1) is 0 Å². The third-order valence-corrected chi connectivity index (χ3v) is 2.90. The number of nitrogens with one attached hydrogen (secondary N) is 1. The first-order chi connectivity index (χ1) is 10.4. The number of anilines is 1. The highest BCUT2D eigenvalue weighted by Crippen LogP contribution is 2.36. The Kier molecular flexibility index (Phi) is 4.28. The van der Waals surface area contributed by atoms with Crippen LogP contribution in [-0.2, 0) is 0 Å². The van der Waals surface area contributed by atoms with Gasteiger partial charge in [0, 0.05) is 12.3 Å². The van der Waals surface area contributed by atoms with Crippen LogP contribution in [0.15, 0.2) is 36.5 Å². The molecule has 0 aliphatic carbocycles. The van der Waals surface area contributed by atoms with Crippen molar-refractivity contribution < 1.29 is 14.6 Å². The van der Waals surface area contributed by atoms with Gasteiger partial charge in [-0.2, -0.15) is 0 Å². The van der Waals surface area contributed by atoms with Crippen molar-refractivity contribution >= 4 is 34.6 Å². The summed E-state index contributed by atoms with van der Waals surface area (Å²) in [6, 6.07) is 6.20. The van der Waals surface area contributed by atoms with E-state index in [9.17, 15) is 25.0 Å². The Bertz CT molecular complexity index is 766. The summed E-state index contributed by atoms with van der Waals surface area (Å²) in [4.78, 5) is 35.8. The first kappa shape index (κ1) is 15.3. The van der Waals surface area contributed by atoms with E-state index in [1.54, 1.807) is 12.1 Å². The molecule has 112 valence electrons. The molecule has 1 N–H and O–H groups in total. The van der Waals surface area contributed by atoms with E-state index in [4.69, 9.17) is 11.6 Å². The summed E-state index contributed by atoms with van der Waals surface area (Å²) < 4.78 is 0. The molecule has 1 amide bonds. The van der Waals surface area contributed by atoms with Gasteiger partial charge in [-0.25, -0.2) is 0 Å². The number of hydrogen-bond donors (Lipinski definition) is 1. The van der Waals surface area contributed by atoms with E-state index in [-0.39, 0.29) is 16.4 Å². The molecule has 1 aromatic carbocycles. The minimum absolute atomic E-state index is 0.0196. The van der Waals surface area contributed by atoms with Gasteiger partial charge in [0.1, 0.15) is 11.4 Å². The second-order valence-corrected chi connectivity index (χ2v) is 4.41. The fourth-order valence-electron chi connectivity index (χ4n) is 1.63. The third-order valence-electron chi connectivity index (χ3n) is 2.60. The average Bonchev–Trinajstić information content (AvgIpc) is 2.49. The van der Waals surface area contributed by atoms with Crippen molar-refractivity contribution in [3.63, 3.8) is 0 Å². The first-order valence-corrected chi connectivity index (χ1v) is 6.12. The zero-order chi connectivity index (χ0) is 16.3. The Morgan fingerprint density at radius 3 is 2.45 bits per heavy atom. The maximum absolute atomic E-state index is 12.0. The molecule has 0 spiro atoms. The fourth-order valence-corrected chi connectivity index (χ4v) is 1.88. The van der Waals surface area contributed by atoms with Gasteiger partial charge >= 0.3 is 5.69 Å². The number of non-ortho nitro benzene ring substituents is 1. The number of hydrogen-bond acceptors (Lipinski definition) is 6. The van der Waals surface area contributed by atoms with Crippen molar-refractivity contribution in [3.8, 4) is 0 Å². The van der Waals surface area contributed by atoms with E-state index < -0.39 is 27.1 Å². The number of nitro groups is 2. The highest BCUT2D eigenvalue weighted by molar-refractivity contribution is 6.34. The summed E-state index contributed by atoms with van der Waals surface area (Å²) in [5.74, 6) is -0.723. The number of benzene rings is 1. The predicted molar refractivity (Wildman–Crippen MR) is 77.0 cm³/mol. The van der Waals surface area contributed by atoms with Crippen LogP contribution in [0.4, 0.5) is 17.1 Å². The first-order valence-electron chi connectivity index (χ1n) is 5.75. The molecular formula is C12H7ClN4O5. The molecule has 0 saturated carbocycles. The number of aromatic nitrogens is 1. The van der Waals surface area contributed by atoms with E-state index in [1.807, 2.05) is 0 Å². The van der Waals surface area contributed by atoms with Crippen LogP contribution >= 0.6 is 11.6 Å².